The predicted octanol–water partition coefficient (Wildman–Crippen LogP) is 3.20. The number of carbonyl (C=O) groups excluding carboxylic acids is 1. The Morgan fingerprint density at radius 1 is 1.33 bits per heavy atom. The Morgan fingerprint density at radius 2 is 2.14 bits per heavy atom. The maximum Gasteiger partial charge on any atom is 0.416 e. The van der Waals surface area contributed by atoms with E-state index >= 15 is 0 Å². The van der Waals surface area contributed by atoms with Crippen LogP contribution in [0.4, 0.5) is 19.0 Å². The summed E-state index contributed by atoms with van der Waals surface area (Å²) >= 11 is 1.27. The number of thioether (sulfide) groups is 1. The minimum atomic E-state index is -4.39. The van der Waals surface area contributed by atoms with E-state index in [-0.39, 0.29) is 16.9 Å². The first-order valence-corrected chi connectivity index (χ1v) is 7.12. The van der Waals surface area contributed by atoms with Gasteiger partial charge in [0.2, 0.25) is 5.91 Å². The maximum absolute atomic E-state index is 12.8. The van der Waals surface area contributed by atoms with Crippen LogP contribution in [0.5, 0.6) is 0 Å². The zero-order valence-corrected chi connectivity index (χ0v) is 11.4. The van der Waals surface area contributed by atoms with Crippen molar-refractivity contribution in [2.24, 2.45) is 0 Å². The molecule has 1 aliphatic rings. The number of amides is 1. The lowest BCUT2D eigenvalue weighted by Crippen LogP contribution is -2.12. The minimum absolute atomic E-state index is 0.170. The molecule has 8 heteroatoms. The van der Waals surface area contributed by atoms with Crippen molar-refractivity contribution < 1.29 is 18.0 Å². The molecule has 3 rings (SSSR count). The van der Waals surface area contributed by atoms with Gasteiger partial charge >= 0.3 is 6.18 Å². The first-order valence-electron chi connectivity index (χ1n) is 6.07. The van der Waals surface area contributed by atoms with Crippen molar-refractivity contribution in [3.8, 4) is 0 Å². The Balaban J connectivity index is 2.03. The van der Waals surface area contributed by atoms with Crippen molar-refractivity contribution in [2.45, 2.75) is 11.4 Å². The summed E-state index contributed by atoms with van der Waals surface area (Å²) < 4.78 is 38.5. The summed E-state index contributed by atoms with van der Waals surface area (Å²) in [6, 6.07) is 5.15. The van der Waals surface area contributed by atoms with Crippen molar-refractivity contribution in [1.29, 1.82) is 0 Å². The van der Waals surface area contributed by atoms with Gasteiger partial charge in [0.1, 0.15) is 5.82 Å². The molecule has 0 saturated carbocycles. The largest absolute Gasteiger partial charge is 0.416 e. The van der Waals surface area contributed by atoms with Gasteiger partial charge in [0.25, 0.3) is 0 Å². The number of aromatic amines is 1. The topological polar surface area (TPSA) is 57.8 Å². The number of H-pyrrole nitrogens is 1. The van der Waals surface area contributed by atoms with E-state index in [1.54, 1.807) is 6.07 Å². The molecule has 1 amide bonds. The number of aromatic nitrogens is 2. The molecule has 110 valence electrons. The minimum Gasteiger partial charge on any atom is -0.310 e. The van der Waals surface area contributed by atoms with E-state index in [1.165, 1.54) is 24.0 Å². The molecular formula is C13H10F3N3OS. The third-order valence-electron chi connectivity index (χ3n) is 3.11. The molecule has 1 aliphatic heterocycles. The number of anilines is 1. The number of nitrogens with zero attached hydrogens (tertiary/aromatic N) is 1. The SMILES string of the molecule is O=C1CSC(c2cccc(C(F)(F)F)c2)c2cn[nH]c2N1. The summed E-state index contributed by atoms with van der Waals surface area (Å²) in [6.45, 7) is 0. The summed E-state index contributed by atoms with van der Waals surface area (Å²) in [6.07, 6.45) is -2.86. The molecular weight excluding hydrogens is 303 g/mol. The van der Waals surface area contributed by atoms with E-state index in [1.807, 2.05) is 0 Å². The molecule has 0 fully saturated rings. The molecule has 21 heavy (non-hydrogen) atoms. The van der Waals surface area contributed by atoms with Crippen LogP contribution in [0.15, 0.2) is 30.5 Å². The van der Waals surface area contributed by atoms with E-state index in [0.717, 1.165) is 12.1 Å². The van der Waals surface area contributed by atoms with Gasteiger partial charge in [0.05, 0.1) is 22.8 Å². The second kappa shape index (κ2) is 5.10. The van der Waals surface area contributed by atoms with Gasteiger partial charge in [-0.05, 0) is 11.6 Å². The lowest BCUT2D eigenvalue weighted by molar-refractivity contribution is -0.137. The van der Waals surface area contributed by atoms with E-state index in [9.17, 15) is 18.0 Å². The van der Waals surface area contributed by atoms with Gasteiger partial charge in [-0.2, -0.15) is 18.3 Å². The Labute approximate surface area is 122 Å². The number of carbonyl (C=O) groups is 1. The van der Waals surface area contributed by atoms with Crippen LogP contribution in [0, 0.1) is 0 Å². The fraction of sp³-hybridized carbons (Fsp3) is 0.231. The van der Waals surface area contributed by atoms with Gasteiger partial charge in [0.15, 0.2) is 0 Å². The van der Waals surface area contributed by atoms with Crippen molar-refractivity contribution in [3.05, 3.63) is 47.2 Å². The number of alkyl halides is 3. The maximum atomic E-state index is 12.8. The number of halogens is 3. The zero-order valence-electron chi connectivity index (χ0n) is 10.6. The molecule has 4 nitrogen and oxygen atoms in total. The van der Waals surface area contributed by atoms with Crippen LogP contribution in [0.25, 0.3) is 0 Å². The lowest BCUT2D eigenvalue weighted by atomic mass is 10.0. The van der Waals surface area contributed by atoms with Gasteiger partial charge in [0, 0.05) is 5.56 Å². The highest BCUT2D eigenvalue weighted by Gasteiger charge is 2.32. The first kappa shape index (κ1) is 14.0. The molecule has 2 N–H and O–H groups in total. The van der Waals surface area contributed by atoms with Crippen LogP contribution >= 0.6 is 11.8 Å². The Kier molecular flexibility index (Phi) is 3.40. The van der Waals surface area contributed by atoms with Gasteiger partial charge in [-0.1, -0.05) is 18.2 Å². The zero-order chi connectivity index (χ0) is 15.0. The number of hydrogen-bond acceptors (Lipinski definition) is 3. The molecule has 2 aromatic rings. The van der Waals surface area contributed by atoms with Crippen LogP contribution in [0.2, 0.25) is 0 Å². The molecule has 0 bridgehead atoms. The molecule has 0 radical (unpaired) electrons. The third-order valence-corrected chi connectivity index (χ3v) is 4.40. The second-order valence-corrected chi connectivity index (χ2v) is 5.66. The quantitative estimate of drug-likeness (QED) is 0.850. The average Bonchev–Trinajstić information content (AvgIpc) is 2.80. The van der Waals surface area contributed by atoms with Crippen LogP contribution in [-0.2, 0) is 11.0 Å². The molecule has 1 aromatic carbocycles. The normalized spacial score (nSPS) is 18.8. The van der Waals surface area contributed by atoms with E-state index in [2.05, 4.69) is 15.5 Å². The summed E-state index contributed by atoms with van der Waals surface area (Å²) in [4.78, 5) is 11.6. The van der Waals surface area contributed by atoms with E-state index in [0.29, 0.717) is 16.9 Å². The highest BCUT2D eigenvalue weighted by Crippen LogP contribution is 2.41. The number of benzene rings is 1. The highest BCUT2D eigenvalue weighted by molar-refractivity contribution is 8.00. The standard InChI is InChI=1S/C13H10F3N3OS/c14-13(15,16)8-3-1-2-7(4-8)11-9-5-17-19-12(9)18-10(20)6-21-11/h1-5,11H,6H2,(H2,17,18,19,20). The molecule has 1 aromatic heterocycles. The number of nitrogens with one attached hydrogen (secondary N) is 2. The second-order valence-electron chi connectivity index (χ2n) is 4.56. The lowest BCUT2D eigenvalue weighted by Gasteiger charge is -2.15. The van der Waals surface area contributed by atoms with Crippen molar-refractivity contribution in [1.82, 2.24) is 10.2 Å². The van der Waals surface area contributed by atoms with E-state index < -0.39 is 11.7 Å². The van der Waals surface area contributed by atoms with Gasteiger partial charge in [-0.25, -0.2) is 0 Å². The predicted molar refractivity (Wildman–Crippen MR) is 73.0 cm³/mol. The van der Waals surface area contributed by atoms with Crippen LogP contribution < -0.4 is 5.32 Å². The monoisotopic (exact) mass is 313 g/mol. The third kappa shape index (κ3) is 2.76. The molecule has 1 atom stereocenters. The summed E-state index contributed by atoms with van der Waals surface area (Å²) in [5.41, 5.74) is 0.466. The van der Waals surface area contributed by atoms with Gasteiger partial charge < -0.3 is 5.32 Å². The summed E-state index contributed by atoms with van der Waals surface area (Å²) in [5.74, 6) is 0.399. The number of hydrogen-bond donors (Lipinski definition) is 2. The van der Waals surface area contributed by atoms with Crippen LogP contribution in [0.1, 0.15) is 21.9 Å². The summed E-state index contributed by atoms with van der Waals surface area (Å²) in [7, 11) is 0. The highest BCUT2D eigenvalue weighted by atomic mass is 32.2. The number of rotatable bonds is 1. The van der Waals surface area contributed by atoms with Crippen LogP contribution in [-0.4, -0.2) is 21.9 Å². The van der Waals surface area contributed by atoms with E-state index in [4.69, 9.17) is 0 Å². The molecule has 0 aliphatic carbocycles. The Hall–Kier alpha value is -1.96. The fourth-order valence-electron chi connectivity index (χ4n) is 2.17. The van der Waals surface area contributed by atoms with Gasteiger partial charge in [-0.15, -0.1) is 11.8 Å². The van der Waals surface area contributed by atoms with Crippen LogP contribution in [0.3, 0.4) is 0 Å². The van der Waals surface area contributed by atoms with Crippen molar-refractivity contribution in [3.63, 3.8) is 0 Å². The summed E-state index contributed by atoms with van der Waals surface area (Å²) in [5, 5.41) is 8.78. The average molecular weight is 313 g/mol. The number of fused-ring (bicyclic) bond motifs is 1. The molecule has 0 saturated heterocycles. The van der Waals surface area contributed by atoms with Gasteiger partial charge in [-0.3, -0.25) is 9.89 Å². The van der Waals surface area contributed by atoms with Crippen molar-refractivity contribution in [2.75, 3.05) is 11.1 Å². The molecule has 0 spiro atoms. The fourth-order valence-corrected chi connectivity index (χ4v) is 3.26. The first-order chi connectivity index (χ1) is 9.95. The Bertz CT molecular complexity index is 683. The Morgan fingerprint density at radius 3 is 2.90 bits per heavy atom. The molecule has 1 unspecified atom stereocenters. The smallest absolute Gasteiger partial charge is 0.310 e. The molecule has 2 heterocycles. The van der Waals surface area contributed by atoms with Crippen molar-refractivity contribution >= 4 is 23.5 Å².